The molecule has 0 saturated heterocycles. The van der Waals surface area contributed by atoms with Crippen LogP contribution in [0.15, 0.2) is 47.4 Å². The molecule has 0 aliphatic rings. The molecule has 106 valence electrons. The zero-order valence-electron chi connectivity index (χ0n) is 11.4. The summed E-state index contributed by atoms with van der Waals surface area (Å²) in [5, 5.41) is 5.04. The Kier molecular flexibility index (Phi) is 4.08. The molecule has 1 amide bonds. The maximum Gasteiger partial charge on any atom is 0.255 e. The van der Waals surface area contributed by atoms with Crippen LogP contribution in [0.1, 0.15) is 16.1 Å². The number of hydrogen-bond acceptors (Lipinski definition) is 5. The Hall–Kier alpha value is -2.05. The Morgan fingerprint density at radius 3 is 2.90 bits per heavy atom. The van der Waals surface area contributed by atoms with E-state index in [4.69, 9.17) is 0 Å². The molecule has 0 unspecified atom stereocenters. The molecule has 3 heterocycles. The van der Waals surface area contributed by atoms with Crippen molar-refractivity contribution in [2.24, 2.45) is 0 Å². The highest BCUT2D eigenvalue weighted by Crippen LogP contribution is 2.28. The number of amides is 1. The number of hydrogen-bond donors (Lipinski definition) is 0. The standard InChI is InChI=1S/C15H13N3OS2/c1-18(15(19)11-4-2-6-16-8-11)9-12-10-21-14(17-12)13-5-3-7-20-13/h2-8,10H,9H2,1H3. The molecular formula is C15H13N3OS2. The van der Waals surface area contributed by atoms with Crippen molar-refractivity contribution < 1.29 is 4.79 Å². The second-order valence-corrected chi connectivity index (χ2v) is 6.33. The largest absolute Gasteiger partial charge is 0.336 e. The van der Waals surface area contributed by atoms with Crippen molar-refractivity contribution >= 4 is 28.6 Å². The van der Waals surface area contributed by atoms with Crippen molar-refractivity contribution in [1.82, 2.24) is 14.9 Å². The average Bonchev–Trinajstić information content (AvgIpc) is 3.18. The van der Waals surface area contributed by atoms with E-state index in [1.54, 1.807) is 59.1 Å². The van der Waals surface area contributed by atoms with Crippen LogP contribution < -0.4 is 0 Å². The van der Waals surface area contributed by atoms with Crippen LogP contribution in [0.3, 0.4) is 0 Å². The number of rotatable bonds is 4. The molecule has 0 aliphatic heterocycles. The Labute approximate surface area is 130 Å². The SMILES string of the molecule is CN(Cc1csc(-c2cccs2)n1)C(=O)c1cccnc1. The molecule has 0 spiro atoms. The van der Waals surface area contributed by atoms with Gasteiger partial charge in [-0.1, -0.05) is 6.07 Å². The van der Waals surface area contributed by atoms with Crippen LogP contribution in [0.25, 0.3) is 9.88 Å². The fraction of sp³-hybridized carbons (Fsp3) is 0.133. The summed E-state index contributed by atoms with van der Waals surface area (Å²) in [5.74, 6) is -0.0474. The lowest BCUT2D eigenvalue weighted by Crippen LogP contribution is -2.26. The molecule has 0 bridgehead atoms. The molecule has 4 nitrogen and oxygen atoms in total. The van der Waals surface area contributed by atoms with E-state index in [-0.39, 0.29) is 5.91 Å². The molecule has 0 radical (unpaired) electrons. The third kappa shape index (κ3) is 3.17. The fourth-order valence-electron chi connectivity index (χ4n) is 1.92. The predicted octanol–water partition coefficient (Wildman–Crippen LogP) is 3.54. The summed E-state index contributed by atoms with van der Waals surface area (Å²) in [6, 6.07) is 7.60. The van der Waals surface area contributed by atoms with Gasteiger partial charge in [-0.05, 0) is 23.6 Å². The number of thiazole rings is 1. The number of nitrogens with zero attached hydrogens (tertiary/aromatic N) is 3. The van der Waals surface area contributed by atoms with Gasteiger partial charge in [0.05, 0.1) is 22.7 Å². The zero-order chi connectivity index (χ0) is 14.7. The van der Waals surface area contributed by atoms with E-state index in [9.17, 15) is 4.79 Å². The van der Waals surface area contributed by atoms with Gasteiger partial charge in [0.2, 0.25) is 0 Å². The van der Waals surface area contributed by atoms with Gasteiger partial charge in [-0.2, -0.15) is 0 Å². The van der Waals surface area contributed by atoms with Crippen molar-refractivity contribution in [1.29, 1.82) is 0 Å². The smallest absolute Gasteiger partial charge is 0.255 e. The average molecular weight is 315 g/mol. The van der Waals surface area contributed by atoms with E-state index in [0.29, 0.717) is 12.1 Å². The first-order chi connectivity index (χ1) is 10.2. The second kappa shape index (κ2) is 6.15. The lowest BCUT2D eigenvalue weighted by molar-refractivity contribution is 0.0783. The molecular weight excluding hydrogens is 302 g/mol. The lowest BCUT2D eigenvalue weighted by Gasteiger charge is -2.15. The van der Waals surface area contributed by atoms with Gasteiger partial charge in [0.15, 0.2) is 0 Å². The number of pyridine rings is 1. The molecule has 0 saturated carbocycles. The molecule has 0 fully saturated rings. The van der Waals surface area contributed by atoms with Crippen LogP contribution in [0.2, 0.25) is 0 Å². The first kappa shape index (κ1) is 13.9. The number of carbonyl (C=O) groups excluding carboxylic acids is 1. The topological polar surface area (TPSA) is 46.1 Å². The van der Waals surface area contributed by atoms with Crippen LogP contribution in [-0.4, -0.2) is 27.8 Å². The van der Waals surface area contributed by atoms with E-state index in [2.05, 4.69) is 16.0 Å². The van der Waals surface area contributed by atoms with E-state index in [0.717, 1.165) is 15.6 Å². The van der Waals surface area contributed by atoms with E-state index in [1.165, 1.54) is 0 Å². The normalized spacial score (nSPS) is 10.5. The molecule has 6 heteroatoms. The molecule has 3 aromatic rings. The molecule has 0 aromatic carbocycles. The Morgan fingerprint density at radius 1 is 1.29 bits per heavy atom. The van der Waals surface area contributed by atoms with Crippen LogP contribution in [0.5, 0.6) is 0 Å². The minimum atomic E-state index is -0.0474. The predicted molar refractivity (Wildman–Crippen MR) is 85.5 cm³/mol. The minimum Gasteiger partial charge on any atom is -0.336 e. The highest BCUT2D eigenvalue weighted by atomic mass is 32.1. The molecule has 21 heavy (non-hydrogen) atoms. The number of aromatic nitrogens is 2. The summed E-state index contributed by atoms with van der Waals surface area (Å²) in [7, 11) is 1.78. The van der Waals surface area contributed by atoms with Gasteiger partial charge in [0, 0.05) is 24.8 Å². The van der Waals surface area contributed by atoms with Crippen LogP contribution in [0, 0.1) is 0 Å². The molecule has 0 atom stereocenters. The monoisotopic (exact) mass is 315 g/mol. The van der Waals surface area contributed by atoms with E-state index < -0.39 is 0 Å². The Morgan fingerprint density at radius 2 is 2.19 bits per heavy atom. The van der Waals surface area contributed by atoms with Gasteiger partial charge in [-0.25, -0.2) is 4.98 Å². The van der Waals surface area contributed by atoms with Gasteiger partial charge in [-0.15, -0.1) is 22.7 Å². The van der Waals surface area contributed by atoms with Crippen LogP contribution in [0.4, 0.5) is 0 Å². The highest BCUT2D eigenvalue weighted by molar-refractivity contribution is 7.20. The van der Waals surface area contributed by atoms with E-state index >= 15 is 0 Å². The second-order valence-electron chi connectivity index (χ2n) is 4.52. The third-order valence-corrected chi connectivity index (χ3v) is 4.87. The zero-order valence-corrected chi connectivity index (χ0v) is 13.0. The van der Waals surface area contributed by atoms with Crippen molar-refractivity contribution in [3.05, 3.63) is 58.7 Å². The van der Waals surface area contributed by atoms with Gasteiger partial charge in [0.25, 0.3) is 5.91 Å². The van der Waals surface area contributed by atoms with Crippen molar-refractivity contribution in [3.63, 3.8) is 0 Å². The van der Waals surface area contributed by atoms with E-state index in [1.807, 2.05) is 16.8 Å². The highest BCUT2D eigenvalue weighted by Gasteiger charge is 2.14. The first-order valence-electron chi connectivity index (χ1n) is 6.38. The van der Waals surface area contributed by atoms with Gasteiger partial charge >= 0.3 is 0 Å². The number of thiophene rings is 1. The summed E-state index contributed by atoms with van der Waals surface area (Å²) in [6.45, 7) is 0.496. The molecule has 0 aliphatic carbocycles. The number of carbonyl (C=O) groups is 1. The van der Waals surface area contributed by atoms with Crippen LogP contribution in [-0.2, 0) is 6.54 Å². The first-order valence-corrected chi connectivity index (χ1v) is 8.14. The third-order valence-electron chi connectivity index (χ3n) is 2.94. The molecule has 0 N–H and O–H groups in total. The van der Waals surface area contributed by atoms with Crippen LogP contribution >= 0.6 is 22.7 Å². The fourth-order valence-corrected chi connectivity index (χ4v) is 3.54. The van der Waals surface area contributed by atoms with Crippen molar-refractivity contribution in [3.8, 4) is 9.88 Å². The quantitative estimate of drug-likeness (QED) is 0.740. The summed E-state index contributed by atoms with van der Waals surface area (Å²) in [4.78, 5) is 23.6. The maximum absolute atomic E-state index is 12.2. The Balaban J connectivity index is 1.71. The van der Waals surface area contributed by atoms with Gasteiger partial charge in [0.1, 0.15) is 5.01 Å². The minimum absolute atomic E-state index is 0.0474. The molecule has 3 rings (SSSR count). The summed E-state index contributed by atoms with van der Waals surface area (Å²) < 4.78 is 0. The summed E-state index contributed by atoms with van der Waals surface area (Å²) in [6.07, 6.45) is 3.24. The summed E-state index contributed by atoms with van der Waals surface area (Å²) in [5.41, 5.74) is 1.50. The molecule has 3 aromatic heterocycles. The Bertz CT molecular complexity index is 722. The summed E-state index contributed by atoms with van der Waals surface area (Å²) >= 11 is 3.28. The van der Waals surface area contributed by atoms with Crippen molar-refractivity contribution in [2.75, 3.05) is 7.05 Å². The lowest BCUT2D eigenvalue weighted by atomic mass is 10.2. The van der Waals surface area contributed by atoms with Gasteiger partial charge < -0.3 is 4.90 Å². The van der Waals surface area contributed by atoms with Gasteiger partial charge in [-0.3, -0.25) is 9.78 Å². The van der Waals surface area contributed by atoms with Crippen molar-refractivity contribution in [2.45, 2.75) is 6.54 Å². The maximum atomic E-state index is 12.2.